The summed E-state index contributed by atoms with van der Waals surface area (Å²) in [7, 11) is 0. The number of benzene rings is 1. The fourth-order valence-electron chi connectivity index (χ4n) is 4.09. The molecule has 1 unspecified atom stereocenters. The highest BCUT2D eigenvalue weighted by Crippen LogP contribution is 2.33. The smallest absolute Gasteiger partial charge is 0.274 e. The van der Waals surface area contributed by atoms with Crippen molar-refractivity contribution in [2.45, 2.75) is 51.3 Å². The Morgan fingerprint density at radius 3 is 2.71 bits per heavy atom. The van der Waals surface area contributed by atoms with Gasteiger partial charge in [0.2, 0.25) is 0 Å². The van der Waals surface area contributed by atoms with E-state index in [4.69, 9.17) is 16.3 Å². The Morgan fingerprint density at radius 1 is 1.32 bits per heavy atom. The Labute approximate surface area is 167 Å². The van der Waals surface area contributed by atoms with E-state index in [1.54, 1.807) is 0 Å². The Hall–Kier alpha value is -1.99. The molecule has 28 heavy (non-hydrogen) atoms. The first-order chi connectivity index (χ1) is 13.3. The quantitative estimate of drug-likeness (QED) is 0.774. The summed E-state index contributed by atoms with van der Waals surface area (Å²) in [6.45, 7) is 5.03. The van der Waals surface area contributed by atoms with Crippen LogP contribution in [-0.2, 0) is 17.7 Å². The number of aromatic nitrogens is 2. The minimum atomic E-state index is -0.665. The molecule has 8 heteroatoms. The monoisotopic (exact) mass is 409 g/mol. The van der Waals surface area contributed by atoms with Gasteiger partial charge in [-0.3, -0.25) is 4.79 Å². The average Bonchev–Trinajstić information content (AvgIpc) is 2.95. The first-order valence-electron chi connectivity index (χ1n) is 9.40. The number of hydrogen-bond acceptors (Lipinski definition) is 3. The van der Waals surface area contributed by atoms with Crippen LogP contribution in [0.25, 0.3) is 0 Å². The van der Waals surface area contributed by atoms with Gasteiger partial charge in [-0.1, -0.05) is 17.7 Å². The summed E-state index contributed by atoms with van der Waals surface area (Å²) in [6.07, 6.45) is 2.10. The van der Waals surface area contributed by atoms with Crippen molar-refractivity contribution in [3.8, 4) is 0 Å². The standard InChI is InChI=1S/C20H22ClF2N3O2/c1-20(2)10-12(7-9-28-20)25-8-6-13-17(19(25)27)24-26(18(13)21)11-14-15(22)4-3-5-16(14)23/h3-5,12H,6-11H2,1-2H3. The number of fused-ring (bicyclic) bond motifs is 1. The number of halogens is 3. The molecule has 0 saturated carbocycles. The van der Waals surface area contributed by atoms with Crippen LogP contribution in [0.15, 0.2) is 18.2 Å². The van der Waals surface area contributed by atoms with Crippen LogP contribution < -0.4 is 0 Å². The van der Waals surface area contributed by atoms with Crippen molar-refractivity contribution in [1.82, 2.24) is 14.7 Å². The number of rotatable bonds is 3. The fourth-order valence-corrected chi connectivity index (χ4v) is 4.38. The Morgan fingerprint density at radius 2 is 2.04 bits per heavy atom. The molecule has 0 radical (unpaired) electrons. The number of amides is 1. The van der Waals surface area contributed by atoms with Crippen molar-refractivity contribution in [3.05, 3.63) is 51.8 Å². The average molecular weight is 410 g/mol. The van der Waals surface area contributed by atoms with E-state index < -0.39 is 11.6 Å². The zero-order valence-corrected chi connectivity index (χ0v) is 16.6. The summed E-state index contributed by atoms with van der Waals surface area (Å²) in [5.74, 6) is -1.51. The Bertz CT molecular complexity index is 908. The van der Waals surface area contributed by atoms with E-state index in [9.17, 15) is 13.6 Å². The van der Waals surface area contributed by atoms with Crippen LogP contribution in [0.5, 0.6) is 0 Å². The molecule has 4 rings (SSSR count). The molecule has 2 aromatic rings. The number of nitrogens with zero attached hydrogens (tertiary/aromatic N) is 3. The number of carbonyl (C=O) groups excluding carboxylic acids is 1. The molecular weight excluding hydrogens is 388 g/mol. The lowest BCUT2D eigenvalue weighted by atomic mass is 9.91. The Balaban J connectivity index is 1.61. The number of ether oxygens (including phenoxy) is 1. The molecular formula is C20H22ClF2N3O2. The minimum Gasteiger partial charge on any atom is -0.375 e. The molecule has 2 aliphatic heterocycles. The highest BCUT2D eigenvalue weighted by molar-refractivity contribution is 6.31. The highest BCUT2D eigenvalue weighted by Gasteiger charge is 2.39. The zero-order valence-electron chi connectivity index (χ0n) is 15.8. The highest BCUT2D eigenvalue weighted by atomic mass is 35.5. The molecule has 1 aromatic heterocycles. The van der Waals surface area contributed by atoms with Gasteiger partial charge in [-0.05, 0) is 45.2 Å². The van der Waals surface area contributed by atoms with Gasteiger partial charge < -0.3 is 9.64 Å². The van der Waals surface area contributed by atoms with Gasteiger partial charge in [0.1, 0.15) is 16.8 Å². The predicted octanol–water partition coefficient (Wildman–Crippen LogP) is 3.82. The van der Waals surface area contributed by atoms with Crippen LogP contribution in [0.2, 0.25) is 5.15 Å². The van der Waals surface area contributed by atoms with Gasteiger partial charge in [-0.25, -0.2) is 13.5 Å². The second-order valence-electron chi connectivity index (χ2n) is 7.98. The van der Waals surface area contributed by atoms with E-state index in [2.05, 4.69) is 5.10 Å². The van der Waals surface area contributed by atoms with Gasteiger partial charge in [-0.15, -0.1) is 0 Å². The van der Waals surface area contributed by atoms with Gasteiger partial charge in [0.15, 0.2) is 5.69 Å². The number of hydrogen-bond donors (Lipinski definition) is 0. The summed E-state index contributed by atoms with van der Waals surface area (Å²) < 4.78 is 35.1. The summed E-state index contributed by atoms with van der Waals surface area (Å²) in [5.41, 5.74) is 0.519. The first kappa shape index (κ1) is 19.3. The second kappa shape index (κ2) is 7.12. The van der Waals surface area contributed by atoms with Crippen molar-refractivity contribution < 1.29 is 18.3 Å². The molecule has 1 amide bonds. The largest absolute Gasteiger partial charge is 0.375 e. The maximum atomic E-state index is 14.0. The summed E-state index contributed by atoms with van der Waals surface area (Å²) in [6, 6.07) is 3.77. The van der Waals surface area contributed by atoms with Crippen LogP contribution in [0.3, 0.4) is 0 Å². The minimum absolute atomic E-state index is 0.0809. The van der Waals surface area contributed by atoms with E-state index in [1.807, 2.05) is 18.7 Å². The summed E-state index contributed by atoms with van der Waals surface area (Å²) in [4.78, 5) is 14.9. The van der Waals surface area contributed by atoms with E-state index in [-0.39, 0.29) is 40.5 Å². The van der Waals surface area contributed by atoms with Crippen molar-refractivity contribution in [3.63, 3.8) is 0 Å². The molecule has 3 heterocycles. The molecule has 0 N–H and O–H groups in total. The lowest BCUT2D eigenvalue weighted by molar-refractivity contribution is -0.0785. The third-order valence-electron chi connectivity index (χ3n) is 5.53. The van der Waals surface area contributed by atoms with Crippen LogP contribution >= 0.6 is 11.6 Å². The van der Waals surface area contributed by atoms with E-state index in [1.165, 1.54) is 22.9 Å². The third-order valence-corrected chi connectivity index (χ3v) is 5.95. The molecule has 2 aliphatic rings. The van der Waals surface area contributed by atoms with E-state index >= 15 is 0 Å². The van der Waals surface area contributed by atoms with Crippen molar-refractivity contribution in [2.24, 2.45) is 0 Å². The van der Waals surface area contributed by atoms with Gasteiger partial charge >= 0.3 is 0 Å². The molecule has 5 nitrogen and oxygen atoms in total. The molecule has 1 atom stereocenters. The lowest BCUT2D eigenvalue weighted by Crippen LogP contribution is -2.50. The molecule has 0 aliphatic carbocycles. The van der Waals surface area contributed by atoms with Crippen LogP contribution in [0.4, 0.5) is 8.78 Å². The molecule has 1 aromatic carbocycles. The third kappa shape index (κ3) is 3.42. The summed E-state index contributed by atoms with van der Waals surface area (Å²) >= 11 is 6.41. The molecule has 1 saturated heterocycles. The van der Waals surface area contributed by atoms with Crippen LogP contribution in [0.1, 0.15) is 48.3 Å². The second-order valence-corrected chi connectivity index (χ2v) is 8.34. The predicted molar refractivity (Wildman–Crippen MR) is 100 cm³/mol. The maximum Gasteiger partial charge on any atom is 0.274 e. The lowest BCUT2D eigenvalue weighted by Gasteiger charge is -2.42. The Kier molecular flexibility index (Phi) is 4.91. The van der Waals surface area contributed by atoms with E-state index in [0.29, 0.717) is 25.1 Å². The topological polar surface area (TPSA) is 47.4 Å². The first-order valence-corrected chi connectivity index (χ1v) is 9.77. The van der Waals surface area contributed by atoms with Crippen molar-refractivity contribution >= 4 is 17.5 Å². The maximum absolute atomic E-state index is 14.0. The van der Waals surface area contributed by atoms with Gasteiger partial charge in [0.05, 0.1) is 12.1 Å². The zero-order chi connectivity index (χ0) is 20.1. The van der Waals surface area contributed by atoms with E-state index in [0.717, 1.165) is 12.8 Å². The van der Waals surface area contributed by atoms with Gasteiger partial charge in [0, 0.05) is 30.3 Å². The molecule has 0 bridgehead atoms. The van der Waals surface area contributed by atoms with Gasteiger partial charge in [0.25, 0.3) is 5.91 Å². The van der Waals surface area contributed by atoms with Crippen LogP contribution in [-0.4, -0.2) is 45.4 Å². The normalized spacial score (nSPS) is 21.7. The molecule has 0 spiro atoms. The SMILES string of the molecule is CC1(C)CC(N2CCc3c(nn(Cc4c(F)cccc4F)c3Cl)C2=O)CCO1. The molecule has 1 fully saturated rings. The van der Waals surface area contributed by atoms with Gasteiger partial charge in [-0.2, -0.15) is 5.10 Å². The van der Waals surface area contributed by atoms with Crippen molar-refractivity contribution in [2.75, 3.05) is 13.2 Å². The summed E-state index contributed by atoms with van der Waals surface area (Å²) in [5, 5.41) is 4.58. The fraction of sp³-hybridized carbons (Fsp3) is 0.500. The molecule has 150 valence electrons. The van der Waals surface area contributed by atoms with Crippen LogP contribution in [0, 0.1) is 11.6 Å². The number of carbonyl (C=O) groups is 1. The van der Waals surface area contributed by atoms with Crippen molar-refractivity contribution in [1.29, 1.82) is 0 Å².